The normalized spacial score (nSPS) is 26.3. The third kappa shape index (κ3) is 3.86. The summed E-state index contributed by atoms with van der Waals surface area (Å²) < 4.78 is 22.4. The molecule has 1 saturated heterocycles. The number of carboxylic acids is 1. The van der Waals surface area contributed by atoms with E-state index in [1.807, 2.05) is 0 Å². The van der Waals surface area contributed by atoms with Crippen LogP contribution in [0.5, 0.6) is 0 Å². The minimum Gasteiger partial charge on any atom is -0.480 e. The van der Waals surface area contributed by atoms with Crippen molar-refractivity contribution in [2.45, 2.75) is 24.3 Å². The van der Waals surface area contributed by atoms with Crippen LogP contribution >= 0.6 is 15.2 Å². The van der Waals surface area contributed by atoms with Crippen molar-refractivity contribution in [1.82, 2.24) is 5.32 Å². The Morgan fingerprint density at radius 3 is 2.06 bits per heavy atom. The van der Waals surface area contributed by atoms with Gasteiger partial charge < -0.3 is 30.0 Å². The van der Waals surface area contributed by atoms with E-state index >= 15 is 0 Å². The van der Waals surface area contributed by atoms with E-state index in [1.165, 1.54) is 0 Å². The predicted octanol–water partition coefficient (Wildman–Crippen LogP) is -0.879. The van der Waals surface area contributed by atoms with Gasteiger partial charge in [0.05, 0.1) is 0 Å². The number of nitrogens with one attached hydrogen (secondary N) is 1. The lowest BCUT2D eigenvalue weighted by Gasteiger charge is -2.33. The minimum atomic E-state index is -5.01. The van der Waals surface area contributed by atoms with Crippen molar-refractivity contribution in [3.05, 3.63) is 0 Å². The number of piperidine rings is 1. The molecule has 1 heterocycles. The van der Waals surface area contributed by atoms with Crippen LogP contribution in [-0.4, -0.2) is 48.6 Å². The van der Waals surface area contributed by atoms with Gasteiger partial charge in [-0.1, -0.05) is 0 Å². The van der Waals surface area contributed by atoms with E-state index in [-0.39, 0.29) is 19.4 Å². The molecule has 2 atom stereocenters. The molecule has 0 aromatic carbocycles. The number of hydrogen-bond donors (Lipinski definition) is 6. The van der Waals surface area contributed by atoms with Gasteiger partial charge in [-0.3, -0.25) is 13.9 Å². The second-order valence-electron chi connectivity index (χ2n) is 4.22. The molecule has 0 spiro atoms. The van der Waals surface area contributed by atoms with E-state index < -0.39 is 38.5 Å². The van der Waals surface area contributed by atoms with Crippen LogP contribution in [0, 0.1) is 5.92 Å². The van der Waals surface area contributed by atoms with Gasteiger partial charge in [-0.2, -0.15) is 0 Å². The van der Waals surface area contributed by atoms with E-state index in [0.29, 0.717) is 0 Å². The average molecular weight is 303 g/mol. The molecule has 0 radical (unpaired) electrons. The summed E-state index contributed by atoms with van der Waals surface area (Å²) in [6, 6.07) is -1.05. The highest BCUT2D eigenvalue weighted by Gasteiger charge is 2.50. The molecular formula is C7H15NO8P2. The zero-order valence-electron chi connectivity index (χ0n) is 9.21. The number of carboxylic acid groups (broad SMARTS) is 1. The van der Waals surface area contributed by atoms with Crippen LogP contribution in [0.25, 0.3) is 0 Å². The molecule has 106 valence electrons. The van der Waals surface area contributed by atoms with Gasteiger partial charge in [0.2, 0.25) is 0 Å². The quantitative estimate of drug-likeness (QED) is 0.362. The third-order valence-electron chi connectivity index (χ3n) is 2.85. The molecule has 0 aliphatic carbocycles. The largest absolute Gasteiger partial charge is 0.480 e. The monoisotopic (exact) mass is 303 g/mol. The highest BCUT2D eigenvalue weighted by Crippen LogP contribution is 2.64. The molecule has 0 aromatic rings. The zero-order valence-corrected chi connectivity index (χ0v) is 11.0. The molecule has 0 unspecified atom stereocenters. The molecule has 18 heavy (non-hydrogen) atoms. The van der Waals surface area contributed by atoms with Gasteiger partial charge >= 0.3 is 21.2 Å². The Morgan fingerprint density at radius 2 is 1.67 bits per heavy atom. The summed E-state index contributed by atoms with van der Waals surface area (Å²) in [5.41, 5.74) is 0. The summed E-state index contributed by atoms with van der Waals surface area (Å²) in [6.07, 6.45) is -0.124. The molecule has 1 rings (SSSR count). The summed E-state index contributed by atoms with van der Waals surface area (Å²) in [4.78, 5) is 46.9. The van der Waals surface area contributed by atoms with E-state index in [0.717, 1.165) is 0 Å². The summed E-state index contributed by atoms with van der Waals surface area (Å²) >= 11 is 0. The lowest BCUT2D eigenvalue weighted by atomic mass is 9.94. The van der Waals surface area contributed by atoms with Crippen LogP contribution in [0.15, 0.2) is 0 Å². The maximum absolute atomic E-state index is 11.2. The third-order valence-corrected chi connectivity index (χ3v) is 6.88. The van der Waals surface area contributed by atoms with E-state index in [2.05, 4.69) is 5.32 Å². The van der Waals surface area contributed by atoms with Crippen molar-refractivity contribution in [3.63, 3.8) is 0 Å². The van der Waals surface area contributed by atoms with Crippen molar-refractivity contribution in [1.29, 1.82) is 0 Å². The van der Waals surface area contributed by atoms with Crippen LogP contribution in [0.2, 0.25) is 0 Å². The van der Waals surface area contributed by atoms with Gasteiger partial charge in [0.15, 0.2) is 5.40 Å². The number of rotatable bonds is 4. The van der Waals surface area contributed by atoms with Crippen molar-refractivity contribution < 1.29 is 38.6 Å². The molecule has 0 bridgehead atoms. The van der Waals surface area contributed by atoms with E-state index in [1.54, 1.807) is 0 Å². The Hall–Kier alpha value is -0.270. The summed E-state index contributed by atoms with van der Waals surface area (Å²) in [6.45, 7) is 0.137. The fourth-order valence-corrected chi connectivity index (χ4v) is 5.36. The Bertz CT molecular complexity index is 392. The summed E-state index contributed by atoms with van der Waals surface area (Å²) in [7, 11) is -10.0. The molecule has 0 aromatic heterocycles. The summed E-state index contributed by atoms with van der Waals surface area (Å²) in [5.74, 6) is -2.25. The maximum atomic E-state index is 11.2. The number of hydrogen-bond acceptors (Lipinski definition) is 4. The summed E-state index contributed by atoms with van der Waals surface area (Å²) in [5, 5.41) is 9.26. The number of aliphatic carboxylic acids is 1. The second kappa shape index (κ2) is 5.38. The lowest BCUT2D eigenvalue weighted by Crippen LogP contribution is -2.45. The predicted molar refractivity (Wildman–Crippen MR) is 60.0 cm³/mol. The fraction of sp³-hybridized carbons (Fsp3) is 0.857. The highest BCUT2D eigenvalue weighted by atomic mass is 31.2. The molecular weight excluding hydrogens is 288 g/mol. The van der Waals surface area contributed by atoms with Crippen LogP contribution < -0.4 is 5.32 Å². The van der Waals surface area contributed by atoms with Gasteiger partial charge in [-0.25, -0.2) is 0 Å². The molecule has 1 fully saturated rings. The number of carbonyl (C=O) groups is 1. The van der Waals surface area contributed by atoms with Gasteiger partial charge in [-0.15, -0.1) is 0 Å². The smallest absolute Gasteiger partial charge is 0.340 e. The van der Waals surface area contributed by atoms with Crippen molar-refractivity contribution in [3.8, 4) is 0 Å². The standard InChI is InChI=1S/C7H15NO8P2/c9-6(10)5-3-4(1-2-8-5)7(17(11,12)13)18(14,15)16/h4-5,7-8H,1-3H2,(H,9,10)(H2,11,12,13)(H2,14,15,16)/t4-,5+/m0/s1. The Morgan fingerprint density at radius 1 is 1.17 bits per heavy atom. The Labute approximate surface area is 103 Å². The Kier molecular flexibility index (Phi) is 4.72. The molecule has 11 heteroatoms. The maximum Gasteiger partial charge on any atom is 0.340 e. The Balaban J connectivity index is 2.97. The average Bonchev–Trinajstić information content (AvgIpc) is 2.13. The fourth-order valence-electron chi connectivity index (χ4n) is 2.15. The molecule has 6 N–H and O–H groups in total. The minimum absolute atomic E-state index is 0.102. The molecule has 1 aliphatic rings. The molecule has 0 amide bonds. The van der Waals surface area contributed by atoms with Gasteiger partial charge in [0, 0.05) is 0 Å². The van der Waals surface area contributed by atoms with Crippen molar-refractivity contribution in [2.24, 2.45) is 5.92 Å². The molecule has 1 aliphatic heterocycles. The van der Waals surface area contributed by atoms with Crippen LogP contribution in [-0.2, 0) is 13.9 Å². The highest BCUT2D eigenvalue weighted by molar-refractivity contribution is 7.70. The van der Waals surface area contributed by atoms with Gasteiger partial charge in [0.1, 0.15) is 6.04 Å². The van der Waals surface area contributed by atoms with Crippen LogP contribution in [0.3, 0.4) is 0 Å². The first kappa shape index (κ1) is 15.8. The van der Waals surface area contributed by atoms with Crippen molar-refractivity contribution in [2.75, 3.05) is 6.54 Å². The van der Waals surface area contributed by atoms with Gasteiger partial charge in [0.25, 0.3) is 0 Å². The first-order chi connectivity index (χ1) is 8.03. The first-order valence-electron chi connectivity index (χ1n) is 5.10. The van der Waals surface area contributed by atoms with Crippen LogP contribution in [0.4, 0.5) is 0 Å². The topological polar surface area (TPSA) is 164 Å². The van der Waals surface area contributed by atoms with E-state index in [9.17, 15) is 13.9 Å². The second-order valence-corrected chi connectivity index (χ2v) is 8.10. The van der Waals surface area contributed by atoms with Crippen LogP contribution in [0.1, 0.15) is 12.8 Å². The zero-order chi connectivity index (χ0) is 14.1. The SMILES string of the molecule is O=C(O)[C@H]1C[C@@H](C(P(=O)(O)O)P(=O)(O)O)CCN1. The molecule has 0 saturated carbocycles. The van der Waals surface area contributed by atoms with Crippen molar-refractivity contribution >= 4 is 21.2 Å². The lowest BCUT2D eigenvalue weighted by molar-refractivity contribution is -0.140. The molecule has 9 nitrogen and oxygen atoms in total. The first-order valence-corrected chi connectivity index (χ1v) is 8.46. The van der Waals surface area contributed by atoms with Gasteiger partial charge in [-0.05, 0) is 25.3 Å². The van der Waals surface area contributed by atoms with E-state index in [4.69, 9.17) is 24.7 Å².